The van der Waals surface area contributed by atoms with Crippen LogP contribution in [-0.2, 0) is 5.41 Å². The van der Waals surface area contributed by atoms with E-state index in [1.54, 1.807) is 0 Å². The van der Waals surface area contributed by atoms with Crippen molar-refractivity contribution in [2.75, 3.05) is 4.90 Å². The minimum atomic E-state index is -0.126. The van der Waals surface area contributed by atoms with Crippen LogP contribution in [0.25, 0.3) is 75.1 Å². The summed E-state index contributed by atoms with van der Waals surface area (Å²) in [6, 6.07) is 59.9. The fraction of sp³-hybridized carbons (Fsp3) is 0.0612. The van der Waals surface area contributed by atoms with E-state index in [4.69, 9.17) is 4.42 Å². The molecule has 2 heterocycles. The van der Waals surface area contributed by atoms with E-state index in [0.717, 1.165) is 44.4 Å². The van der Waals surface area contributed by atoms with Gasteiger partial charge in [-0.15, -0.1) is 11.3 Å². The summed E-state index contributed by atoms with van der Waals surface area (Å²) in [5.74, 6) is 0. The Morgan fingerprint density at radius 2 is 1.27 bits per heavy atom. The highest BCUT2D eigenvalue weighted by molar-refractivity contribution is 7.25. The van der Waals surface area contributed by atoms with Gasteiger partial charge in [-0.25, -0.2) is 0 Å². The predicted octanol–water partition coefficient (Wildman–Crippen LogP) is 14.6. The molecule has 3 heteroatoms. The van der Waals surface area contributed by atoms with Crippen molar-refractivity contribution in [2.45, 2.75) is 19.3 Å². The maximum Gasteiger partial charge on any atom is 0.145 e. The summed E-state index contributed by atoms with van der Waals surface area (Å²) >= 11 is 1.86. The third-order valence-corrected chi connectivity index (χ3v) is 12.4. The number of hydrogen-bond donors (Lipinski definition) is 0. The van der Waals surface area contributed by atoms with E-state index in [9.17, 15) is 0 Å². The number of nitrogens with zero attached hydrogens (tertiary/aromatic N) is 1. The number of fused-ring (bicyclic) bond motifs is 10. The fourth-order valence-electron chi connectivity index (χ4n) is 8.76. The second kappa shape index (κ2) is 10.9. The Labute approximate surface area is 305 Å². The van der Waals surface area contributed by atoms with Crippen LogP contribution >= 0.6 is 11.3 Å². The molecule has 0 saturated heterocycles. The van der Waals surface area contributed by atoms with Crippen LogP contribution in [0.2, 0.25) is 0 Å². The van der Waals surface area contributed by atoms with Gasteiger partial charge in [0.05, 0.1) is 16.8 Å². The first kappa shape index (κ1) is 29.6. The molecule has 0 fully saturated rings. The van der Waals surface area contributed by atoms with Crippen LogP contribution in [-0.4, -0.2) is 0 Å². The normalized spacial score (nSPS) is 13.3. The van der Waals surface area contributed by atoms with E-state index in [0.29, 0.717) is 0 Å². The molecule has 10 aromatic rings. The van der Waals surface area contributed by atoms with Crippen molar-refractivity contribution in [1.29, 1.82) is 0 Å². The van der Waals surface area contributed by atoms with Crippen LogP contribution in [0.5, 0.6) is 0 Å². The van der Waals surface area contributed by atoms with Gasteiger partial charge in [-0.1, -0.05) is 123 Å². The molecule has 2 aromatic heterocycles. The van der Waals surface area contributed by atoms with Crippen LogP contribution < -0.4 is 4.90 Å². The zero-order valence-electron chi connectivity index (χ0n) is 28.9. The van der Waals surface area contributed by atoms with Crippen molar-refractivity contribution in [3.05, 3.63) is 175 Å². The topological polar surface area (TPSA) is 16.4 Å². The van der Waals surface area contributed by atoms with Gasteiger partial charge in [-0.3, -0.25) is 0 Å². The highest BCUT2D eigenvalue weighted by Crippen LogP contribution is 2.56. The lowest BCUT2D eigenvalue weighted by molar-refractivity contribution is 0.660. The maximum absolute atomic E-state index is 6.89. The van der Waals surface area contributed by atoms with Crippen LogP contribution in [0.15, 0.2) is 168 Å². The molecule has 11 rings (SSSR count). The molecular formula is C49H33NOS. The number of para-hydroxylation sites is 1. The highest BCUT2D eigenvalue weighted by Gasteiger charge is 2.38. The van der Waals surface area contributed by atoms with Crippen molar-refractivity contribution in [3.63, 3.8) is 0 Å². The summed E-state index contributed by atoms with van der Waals surface area (Å²) in [5.41, 5.74) is 12.6. The van der Waals surface area contributed by atoms with Gasteiger partial charge < -0.3 is 9.32 Å². The summed E-state index contributed by atoms with van der Waals surface area (Å²) in [6.07, 6.45) is 0. The summed E-state index contributed by atoms with van der Waals surface area (Å²) in [4.78, 5) is 2.50. The Bertz CT molecular complexity index is 3070. The Kier molecular flexibility index (Phi) is 6.21. The van der Waals surface area contributed by atoms with Crippen LogP contribution in [0.1, 0.15) is 25.0 Å². The third kappa shape index (κ3) is 4.17. The van der Waals surface area contributed by atoms with E-state index in [1.165, 1.54) is 58.9 Å². The van der Waals surface area contributed by atoms with Gasteiger partial charge in [0.15, 0.2) is 0 Å². The van der Waals surface area contributed by atoms with Crippen molar-refractivity contribution in [1.82, 2.24) is 0 Å². The first-order chi connectivity index (χ1) is 25.5. The minimum Gasteiger partial charge on any atom is -0.455 e. The Hall–Kier alpha value is -6.16. The maximum atomic E-state index is 6.89. The predicted molar refractivity (Wildman–Crippen MR) is 222 cm³/mol. The van der Waals surface area contributed by atoms with Crippen molar-refractivity contribution < 1.29 is 4.42 Å². The molecule has 52 heavy (non-hydrogen) atoms. The molecule has 246 valence electrons. The van der Waals surface area contributed by atoms with Crippen LogP contribution in [0, 0.1) is 0 Å². The Balaban J connectivity index is 1.25. The lowest BCUT2D eigenvalue weighted by atomic mass is 9.82. The smallest absolute Gasteiger partial charge is 0.145 e. The molecule has 0 atom stereocenters. The lowest BCUT2D eigenvalue weighted by Crippen LogP contribution is -2.16. The highest BCUT2D eigenvalue weighted by atomic mass is 32.1. The Morgan fingerprint density at radius 3 is 2.19 bits per heavy atom. The molecule has 1 aliphatic carbocycles. The number of rotatable bonds is 4. The van der Waals surface area contributed by atoms with E-state index in [2.05, 4.69) is 183 Å². The molecule has 0 aliphatic heterocycles. The molecular weight excluding hydrogens is 651 g/mol. The van der Waals surface area contributed by atoms with E-state index < -0.39 is 0 Å². The second-order valence-electron chi connectivity index (χ2n) is 14.5. The van der Waals surface area contributed by atoms with E-state index in [-0.39, 0.29) is 5.41 Å². The summed E-state index contributed by atoms with van der Waals surface area (Å²) in [7, 11) is 0. The van der Waals surface area contributed by atoms with Gasteiger partial charge in [0.1, 0.15) is 11.2 Å². The molecule has 0 radical (unpaired) electrons. The van der Waals surface area contributed by atoms with Gasteiger partial charge in [0, 0.05) is 47.8 Å². The largest absolute Gasteiger partial charge is 0.455 e. The van der Waals surface area contributed by atoms with Crippen LogP contribution in [0.3, 0.4) is 0 Å². The third-order valence-electron chi connectivity index (χ3n) is 11.3. The summed E-state index contributed by atoms with van der Waals surface area (Å²) < 4.78 is 9.48. The first-order valence-corrected chi connectivity index (χ1v) is 18.7. The van der Waals surface area contributed by atoms with Gasteiger partial charge in [-0.05, 0) is 87.6 Å². The SMILES string of the molecule is CC1(C)c2ccccc2-c2c(N(c3ccc4sc5ccccc5c4c3)c3ccc(-c4ccc5ccccc5c4)c4oc5ccccc5c34)cccc21. The van der Waals surface area contributed by atoms with Gasteiger partial charge in [-0.2, -0.15) is 0 Å². The number of anilines is 3. The molecule has 2 nitrogen and oxygen atoms in total. The average Bonchev–Trinajstić information content (AvgIpc) is 3.83. The van der Waals surface area contributed by atoms with Crippen LogP contribution in [0.4, 0.5) is 17.1 Å². The second-order valence-corrected chi connectivity index (χ2v) is 15.6. The van der Waals surface area contributed by atoms with Gasteiger partial charge in [0.25, 0.3) is 0 Å². The van der Waals surface area contributed by atoms with Crippen molar-refractivity contribution in [3.8, 4) is 22.3 Å². The number of furan rings is 1. The van der Waals surface area contributed by atoms with E-state index in [1.807, 2.05) is 11.3 Å². The molecule has 0 amide bonds. The number of benzene rings is 8. The zero-order chi connectivity index (χ0) is 34.6. The average molecular weight is 684 g/mol. The fourth-order valence-corrected chi connectivity index (χ4v) is 9.85. The molecule has 0 saturated carbocycles. The van der Waals surface area contributed by atoms with Crippen molar-refractivity contribution in [2.24, 2.45) is 0 Å². The standard InChI is InChI=1S/C49H33NOS/c1-49(2)39-17-8-5-15-36(39)46-40(49)18-11-19-41(46)50(33-24-27-45-38(29-33)35-14-7-10-21-44(35)52-45)42-26-25-34(32-23-22-30-12-3-4-13-31(30)28-32)48-47(42)37-16-6-9-20-43(37)51-48/h3-29H,1-2H3. The van der Waals surface area contributed by atoms with Gasteiger partial charge in [0.2, 0.25) is 0 Å². The molecule has 0 N–H and O–H groups in total. The quantitative estimate of drug-likeness (QED) is 0.184. The number of hydrogen-bond acceptors (Lipinski definition) is 3. The minimum absolute atomic E-state index is 0.126. The lowest BCUT2D eigenvalue weighted by Gasteiger charge is -2.29. The zero-order valence-corrected chi connectivity index (χ0v) is 29.7. The molecule has 0 bridgehead atoms. The first-order valence-electron chi connectivity index (χ1n) is 17.9. The summed E-state index contributed by atoms with van der Waals surface area (Å²) in [5, 5.41) is 7.23. The molecule has 0 spiro atoms. The Morgan fingerprint density at radius 1 is 0.519 bits per heavy atom. The van der Waals surface area contributed by atoms with E-state index >= 15 is 0 Å². The molecule has 0 unspecified atom stereocenters. The molecule has 8 aromatic carbocycles. The summed E-state index contributed by atoms with van der Waals surface area (Å²) in [6.45, 7) is 4.71. The van der Waals surface area contributed by atoms with Crippen molar-refractivity contribution >= 4 is 81.3 Å². The molecule has 1 aliphatic rings. The monoisotopic (exact) mass is 683 g/mol. The van der Waals surface area contributed by atoms with Gasteiger partial charge >= 0.3 is 0 Å². The number of thiophene rings is 1.